The SMILES string of the molecule is C=c1nccc/c1=C(/N=C(\C)NC1=NNC(C)C1)N[C@@H]1[C@@H]2CN(CCC#N)C[C@@H]21. The number of nitrogens with one attached hydrogen (secondary N) is 3. The first-order valence-corrected chi connectivity index (χ1v) is 10.2. The summed E-state index contributed by atoms with van der Waals surface area (Å²) in [6, 6.07) is 6.90. The van der Waals surface area contributed by atoms with Crippen LogP contribution in [0.15, 0.2) is 28.4 Å². The van der Waals surface area contributed by atoms with Crippen molar-refractivity contribution in [3.05, 3.63) is 28.9 Å². The van der Waals surface area contributed by atoms with Gasteiger partial charge >= 0.3 is 0 Å². The van der Waals surface area contributed by atoms with Crippen molar-refractivity contribution >= 4 is 24.1 Å². The van der Waals surface area contributed by atoms with Gasteiger partial charge < -0.3 is 21.0 Å². The Morgan fingerprint density at radius 2 is 2.24 bits per heavy atom. The highest BCUT2D eigenvalue weighted by Crippen LogP contribution is 2.45. The number of hydrogen-bond donors (Lipinski definition) is 3. The van der Waals surface area contributed by atoms with E-state index in [4.69, 9.17) is 10.3 Å². The molecule has 2 fully saturated rings. The summed E-state index contributed by atoms with van der Waals surface area (Å²) in [4.78, 5) is 11.6. The van der Waals surface area contributed by atoms with E-state index in [-0.39, 0.29) is 0 Å². The molecule has 4 rings (SSSR count). The van der Waals surface area contributed by atoms with Crippen molar-refractivity contribution in [2.75, 3.05) is 19.6 Å². The van der Waals surface area contributed by atoms with Gasteiger partial charge in [-0.15, -0.1) is 0 Å². The van der Waals surface area contributed by atoms with Crippen molar-refractivity contribution in [3.63, 3.8) is 0 Å². The number of piperidine rings is 1. The van der Waals surface area contributed by atoms with Gasteiger partial charge in [0.1, 0.15) is 17.5 Å². The van der Waals surface area contributed by atoms with E-state index < -0.39 is 0 Å². The number of nitrogens with zero attached hydrogens (tertiary/aromatic N) is 5. The lowest BCUT2D eigenvalue weighted by Gasteiger charge is -2.19. The smallest absolute Gasteiger partial charge is 0.137 e. The standard InChI is InChI=1S/C21H28N8/c1-13-10-19(28-27-13)24-15(3)25-21(16-6-4-8-23-14(16)2)26-20-17-11-29(9-5-7-22)12-18(17)20/h4,6,8,13,17-18,20,26-27H,2,5,9-12H2,1,3H3,(H,24,25,28)/b21-16+/t13?,17-,18+,20-. The zero-order chi connectivity index (χ0) is 20.4. The summed E-state index contributed by atoms with van der Waals surface area (Å²) in [5.74, 6) is 3.71. The van der Waals surface area contributed by atoms with Crippen molar-refractivity contribution in [2.24, 2.45) is 21.9 Å². The van der Waals surface area contributed by atoms with Crippen LogP contribution < -0.4 is 26.6 Å². The fourth-order valence-electron chi connectivity index (χ4n) is 4.25. The third kappa shape index (κ3) is 4.40. The van der Waals surface area contributed by atoms with Crippen LogP contribution in [-0.2, 0) is 0 Å². The number of fused-ring (bicyclic) bond motifs is 1. The van der Waals surface area contributed by atoms with E-state index in [1.54, 1.807) is 6.20 Å². The van der Waals surface area contributed by atoms with Crippen molar-refractivity contribution in [1.29, 1.82) is 5.26 Å². The summed E-state index contributed by atoms with van der Waals surface area (Å²) in [7, 11) is 0. The molecule has 152 valence electrons. The molecule has 29 heavy (non-hydrogen) atoms. The Balaban J connectivity index is 1.50. The molecule has 4 atom stereocenters. The van der Waals surface area contributed by atoms with Gasteiger partial charge in [0.25, 0.3) is 0 Å². The summed E-state index contributed by atoms with van der Waals surface area (Å²) in [6.45, 7) is 11.1. The van der Waals surface area contributed by atoms with Crippen molar-refractivity contribution in [2.45, 2.75) is 38.8 Å². The summed E-state index contributed by atoms with van der Waals surface area (Å²) >= 11 is 0. The molecule has 3 N–H and O–H groups in total. The number of aromatic nitrogens is 1. The second-order valence-corrected chi connectivity index (χ2v) is 8.13. The molecule has 1 saturated heterocycles. The average molecular weight is 393 g/mol. The second-order valence-electron chi connectivity index (χ2n) is 8.13. The van der Waals surface area contributed by atoms with Gasteiger partial charge in [0, 0.05) is 56.0 Å². The van der Waals surface area contributed by atoms with Gasteiger partial charge in [-0.05, 0) is 37.8 Å². The fourth-order valence-corrected chi connectivity index (χ4v) is 4.25. The number of amidine groups is 2. The van der Waals surface area contributed by atoms with Gasteiger partial charge in [0.2, 0.25) is 0 Å². The maximum Gasteiger partial charge on any atom is 0.137 e. The molecule has 8 heteroatoms. The molecule has 3 heterocycles. The minimum atomic E-state index is 0.339. The average Bonchev–Trinajstić information content (AvgIpc) is 3.02. The minimum absolute atomic E-state index is 0.339. The first-order valence-electron chi connectivity index (χ1n) is 10.2. The molecule has 0 aromatic carbocycles. The van der Waals surface area contributed by atoms with Crippen LogP contribution in [0.5, 0.6) is 0 Å². The van der Waals surface area contributed by atoms with Crippen LogP contribution in [0.25, 0.3) is 12.4 Å². The van der Waals surface area contributed by atoms with Crippen molar-refractivity contribution in [1.82, 2.24) is 25.9 Å². The fraction of sp³-hybridized carbons (Fsp3) is 0.524. The first kappa shape index (κ1) is 19.4. The summed E-state index contributed by atoms with van der Waals surface area (Å²) in [5.41, 5.74) is 3.06. The monoisotopic (exact) mass is 392 g/mol. The van der Waals surface area contributed by atoms with E-state index in [0.717, 1.165) is 48.8 Å². The van der Waals surface area contributed by atoms with Crippen LogP contribution >= 0.6 is 0 Å². The van der Waals surface area contributed by atoms with E-state index >= 15 is 0 Å². The molecule has 1 unspecified atom stereocenters. The lowest BCUT2D eigenvalue weighted by Crippen LogP contribution is -2.37. The Kier molecular flexibility index (Phi) is 5.49. The number of nitriles is 1. The molecule has 1 aromatic rings. The zero-order valence-electron chi connectivity index (χ0n) is 17.0. The number of aliphatic imine (C=N–C) groups is 1. The van der Waals surface area contributed by atoms with E-state index in [9.17, 15) is 0 Å². The number of hydrogen-bond acceptors (Lipinski definition) is 7. The topological polar surface area (TPSA) is 101 Å². The first-order chi connectivity index (χ1) is 14.0. The summed E-state index contributed by atoms with van der Waals surface area (Å²) in [6.07, 6.45) is 3.20. The third-order valence-electron chi connectivity index (χ3n) is 5.78. The predicted molar refractivity (Wildman–Crippen MR) is 114 cm³/mol. The van der Waals surface area contributed by atoms with Gasteiger partial charge in [0.05, 0.1) is 11.4 Å². The van der Waals surface area contributed by atoms with Gasteiger partial charge in [-0.25, -0.2) is 4.99 Å². The van der Waals surface area contributed by atoms with E-state index in [1.807, 2.05) is 19.1 Å². The summed E-state index contributed by atoms with van der Waals surface area (Å²) < 4.78 is 0. The molecule has 2 aliphatic heterocycles. The Morgan fingerprint density at radius 3 is 2.90 bits per heavy atom. The zero-order valence-corrected chi connectivity index (χ0v) is 17.0. The predicted octanol–water partition coefficient (Wildman–Crippen LogP) is -0.306. The van der Waals surface area contributed by atoms with E-state index in [0.29, 0.717) is 35.7 Å². The molecule has 0 amide bonds. The molecule has 1 saturated carbocycles. The number of hydrazone groups is 1. The third-order valence-corrected chi connectivity index (χ3v) is 5.78. The molecule has 0 bridgehead atoms. The van der Waals surface area contributed by atoms with Gasteiger partial charge in [-0.3, -0.25) is 4.98 Å². The molecule has 0 spiro atoms. The molecule has 3 aliphatic rings. The number of likely N-dealkylation sites (tertiary alicyclic amines) is 1. The lowest BCUT2D eigenvalue weighted by atomic mass is 10.2. The number of rotatable bonds is 5. The Labute approximate surface area is 171 Å². The van der Waals surface area contributed by atoms with Crippen LogP contribution in [0.4, 0.5) is 0 Å². The summed E-state index contributed by atoms with van der Waals surface area (Å²) in [5, 5.41) is 21.7. The van der Waals surface area contributed by atoms with Gasteiger partial charge in [0.15, 0.2) is 0 Å². The van der Waals surface area contributed by atoms with Crippen molar-refractivity contribution < 1.29 is 0 Å². The molecule has 8 nitrogen and oxygen atoms in total. The maximum atomic E-state index is 8.79. The number of pyridine rings is 1. The normalized spacial score (nSPS) is 29.4. The highest BCUT2D eigenvalue weighted by Gasteiger charge is 2.55. The molecule has 1 aliphatic carbocycles. The quantitative estimate of drug-likeness (QED) is 0.470. The molecule has 0 radical (unpaired) electrons. The van der Waals surface area contributed by atoms with E-state index in [2.05, 4.69) is 50.6 Å². The lowest BCUT2D eigenvalue weighted by molar-refractivity contribution is 0.300. The van der Waals surface area contributed by atoms with E-state index in [1.165, 1.54) is 0 Å². The molecular weight excluding hydrogens is 364 g/mol. The highest BCUT2D eigenvalue weighted by molar-refractivity contribution is 6.01. The highest BCUT2D eigenvalue weighted by atomic mass is 15.4. The van der Waals surface area contributed by atoms with Crippen LogP contribution in [0.2, 0.25) is 0 Å². The van der Waals surface area contributed by atoms with Crippen LogP contribution in [0.1, 0.15) is 26.7 Å². The second kappa shape index (κ2) is 8.21. The Hall–Kier alpha value is -2.92. The van der Waals surface area contributed by atoms with Gasteiger partial charge in [-0.2, -0.15) is 10.4 Å². The largest absolute Gasteiger partial charge is 0.366 e. The Morgan fingerprint density at radius 1 is 1.45 bits per heavy atom. The van der Waals surface area contributed by atoms with Crippen molar-refractivity contribution in [3.8, 4) is 6.07 Å². The van der Waals surface area contributed by atoms with Crippen LogP contribution in [0.3, 0.4) is 0 Å². The maximum absolute atomic E-state index is 8.79. The van der Waals surface area contributed by atoms with Crippen LogP contribution in [0, 0.1) is 23.2 Å². The van der Waals surface area contributed by atoms with Gasteiger partial charge in [-0.1, -0.05) is 6.58 Å². The molecule has 1 aromatic heterocycles. The van der Waals surface area contributed by atoms with Crippen LogP contribution in [-0.4, -0.2) is 53.3 Å². The Bertz CT molecular complexity index is 963. The molecular formula is C21H28N8. The minimum Gasteiger partial charge on any atom is -0.366 e.